The summed E-state index contributed by atoms with van der Waals surface area (Å²) >= 11 is 0. The van der Waals surface area contributed by atoms with Gasteiger partial charge in [-0.05, 0) is 30.2 Å². The van der Waals surface area contributed by atoms with E-state index in [1.807, 2.05) is 6.92 Å². The van der Waals surface area contributed by atoms with E-state index < -0.39 is 17.6 Å². The van der Waals surface area contributed by atoms with Gasteiger partial charge >= 0.3 is 6.18 Å². The van der Waals surface area contributed by atoms with Crippen LogP contribution in [0, 0.1) is 0 Å². The Labute approximate surface area is 95.7 Å². The number of fused-ring (bicyclic) bond motifs is 1. The molecule has 1 aromatic heterocycles. The van der Waals surface area contributed by atoms with Crippen molar-refractivity contribution in [2.24, 2.45) is 0 Å². The maximum atomic E-state index is 12.5. The standard InChI is InChI=1S/C12H10F3NO/c1-2-7-3-4-9-8(5-7)6-10(17)11(16-9)12(13,14)15/h3-6,17H,2H2,1H3. The van der Waals surface area contributed by atoms with E-state index in [0.717, 1.165) is 18.1 Å². The highest BCUT2D eigenvalue weighted by atomic mass is 19.4. The molecule has 1 heterocycles. The van der Waals surface area contributed by atoms with Crippen LogP contribution in [0.4, 0.5) is 13.2 Å². The minimum absolute atomic E-state index is 0.229. The Balaban J connectivity index is 2.66. The van der Waals surface area contributed by atoms with Crippen molar-refractivity contribution in [1.82, 2.24) is 4.98 Å². The Morgan fingerprint density at radius 2 is 1.94 bits per heavy atom. The Hall–Kier alpha value is -1.78. The van der Waals surface area contributed by atoms with Crippen molar-refractivity contribution in [2.75, 3.05) is 0 Å². The Kier molecular flexibility index (Phi) is 2.69. The number of alkyl halides is 3. The number of pyridine rings is 1. The van der Waals surface area contributed by atoms with Crippen LogP contribution in [0.3, 0.4) is 0 Å². The molecule has 0 aliphatic rings. The van der Waals surface area contributed by atoms with E-state index in [2.05, 4.69) is 4.98 Å². The van der Waals surface area contributed by atoms with Gasteiger partial charge in [-0.1, -0.05) is 13.0 Å². The first kappa shape index (κ1) is 11.7. The third-order valence-electron chi connectivity index (χ3n) is 2.54. The normalized spacial score (nSPS) is 12.0. The summed E-state index contributed by atoms with van der Waals surface area (Å²) in [4.78, 5) is 3.45. The third-order valence-corrected chi connectivity index (χ3v) is 2.54. The van der Waals surface area contributed by atoms with Gasteiger partial charge in [-0.3, -0.25) is 0 Å². The second-order valence-electron chi connectivity index (χ2n) is 3.73. The van der Waals surface area contributed by atoms with Crippen LogP contribution in [0.1, 0.15) is 18.2 Å². The van der Waals surface area contributed by atoms with Gasteiger partial charge in [0.25, 0.3) is 0 Å². The average molecular weight is 241 g/mol. The summed E-state index contributed by atoms with van der Waals surface area (Å²) in [5.41, 5.74) is -0.0277. The summed E-state index contributed by atoms with van der Waals surface area (Å²) in [6, 6.07) is 6.09. The maximum absolute atomic E-state index is 12.5. The van der Waals surface area contributed by atoms with Crippen LogP contribution in [0.25, 0.3) is 10.9 Å². The van der Waals surface area contributed by atoms with E-state index in [9.17, 15) is 18.3 Å². The lowest BCUT2D eigenvalue weighted by molar-refractivity contribution is -0.142. The first-order chi connectivity index (χ1) is 7.91. The highest BCUT2D eigenvalue weighted by Crippen LogP contribution is 2.35. The van der Waals surface area contributed by atoms with Gasteiger partial charge in [-0.2, -0.15) is 13.2 Å². The largest absolute Gasteiger partial charge is 0.506 e. The summed E-state index contributed by atoms with van der Waals surface area (Å²) in [6.07, 6.45) is -3.86. The second-order valence-corrected chi connectivity index (χ2v) is 3.73. The molecule has 2 nitrogen and oxygen atoms in total. The molecule has 1 N–H and O–H groups in total. The molecule has 0 saturated carbocycles. The summed E-state index contributed by atoms with van der Waals surface area (Å²) < 4.78 is 37.5. The van der Waals surface area contributed by atoms with Crippen LogP contribution in [-0.4, -0.2) is 10.1 Å². The number of aromatic nitrogens is 1. The minimum atomic E-state index is -4.64. The smallest absolute Gasteiger partial charge is 0.437 e. The number of rotatable bonds is 1. The van der Waals surface area contributed by atoms with Crippen LogP contribution in [0.5, 0.6) is 5.75 Å². The van der Waals surface area contributed by atoms with E-state index in [4.69, 9.17) is 0 Å². The van der Waals surface area contributed by atoms with Gasteiger partial charge < -0.3 is 5.11 Å². The number of hydrogen-bond acceptors (Lipinski definition) is 2. The molecule has 90 valence electrons. The zero-order valence-electron chi connectivity index (χ0n) is 9.04. The molecule has 0 saturated heterocycles. The second kappa shape index (κ2) is 3.91. The number of aryl methyl sites for hydroxylation is 1. The van der Waals surface area contributed by atoms with Crippen LogP contribution in [0.15, 0.2) is 24.3 Å². The third kappa shape index (κ3) is 2.18. The molecule has 2 rings (SSSR count). The van der Waals surface area contributed by atoms with E-state index in [0.29, 0.717) is 5.39 Å². The van der Waals surface area contributed by atoms with Crippen molar-refractivity contribution < 1.29 is 18.3 Å². The van der Waals surface area contributed by atoms with Gasteiger partial charge in [0, 0.05) is 5.39 Å². The summed E-state index contributed by atoms with van der Waals surface area (Å²) in [6.45, 7) is 1.94. The van der Waals surface area contributed by atoms with Gasteiger partial charge in [0.15, 0.2) is 5.69 Å². The molecule has 0 spiro atoms. The molecule has 0 unspecified atom stereocenters. The van der Waals surface area contributed by atoms with Gasteiger partial charge in [0.05, 0.1) is 5.52 Å². The number of benzene rings is 1. The average Bonchev–Trinajstić information content (AvgIpc) is 2.25. The summed E-state index contributed by atoms with van der Waals surface area (Å²) in [5, 5.41) is 9.83. The Bertz CT molecular complexity index is 563. The van der Waals surface area contributed by atoms with Gasteiger partial charge in [-0.15, -0.1) is 0 Å². The lowest BCUT2D eigenvalue weighted by atomic mass is 10.1. The van der Waals surface area contributed by atoms with E-state index in [-0.39, 0.29) is 5.52 Å². The van der Waals surface area contributed by atoms with E-state index in [1.165, 1.54) is 6.07 Å². The fourth-order valence-corrected chi connectivity index (χ4v) is 1.64. The van der Waals surface area contributed by atoms with Gasteiger partial charge in [0.1, 0.15) is 5.75 Å². The number of nitrogens with zero attached hydrogens (tertiary/aromatic N) is 1. The fourth-order valence-electron chi connectivity index (χ4n) is 1.64. The summed E-state index contributed by atoms with van der Waals surface area (Å²) in [5.74, 6) is -0.835. The zero-order chi connectivity index (χ0) is 12.6. The van der Waals surface area contributed by atoms with Crippen molar-refractivity contribution in [2.45, 2.75) is 19.5 Å². The SMILES string of the molecule is CCc1ccc2nc(C(F)(F)F)c(O)cc2c1. The van der Waals surface area contributed by atoms with Crippen LogP contribution in [0.2, 0.25) is 0 Å². The predicted molar refractivity (Wildman–Crippen MR) is 57.8 cm³/mol. The molecular weight excluding hydrogens is 231 g/mol. The molecule has 0 aliphatic carbocycles. The van der Waals surface area contributed by atoms with Crippen molar-refractivity contribution >= 4 is 10.9 Å². The first-order valence-electron chi connectivity index (χ1n) is 5.11. The van der Waals surface area contributed by atoms with Crippen molar-refractivity contribution in [3.05, 3.63) is 35.5 Å². The highest BCUT2D eigenvalue weighted by molar-refractivity contribution is 5.81. The lowest BCUT2D eigenvalue weighted by Gasteiger charge is -2.09. The molecule has 0 aliphatic heterocycles. The maximum Gasteiger partial charge on any atom is 0.437 e. The molecule has 0 atom stereocenters. The quantitative estimate of drug-likeness (QED) is 0.828. The molecular formula is C12H10F3NO. The molecule has 0 radical (unpaired) electrons. The molecule has 17 heavy (non-hydrogen) atoms. The topological polar surface area (TPSA) is 33.1 Å². The van der Waals surface area contributed by atoms with E-state index in [1.54, 1.807) is 12.1 Å². The number of hydrogen-bond donors (Lipinski definition) is 1. The van der Waals surface area contributed by atoms with Crippen molar-refractivity contribution in [3.63, 3.8) is 0 Å². The molecule has 5 heteroatoms. The Morgan fingerprint density at radius 1 is 1.24 bits per heavy atom. The van der Waals surface area contributed by atoms with E-state index >= 15 is 0 Å². The number of aromatic hydroxyl groups is 1. The monoisotopic (exact) mass is 241 g/mol. The molecule has 0 bridgehead atoms. The first-order valence-corrected chi connectivity index (χ1v) is 5.11. The van der Waals surface area contributed by atoms with Crippen LogP contribution >= 0.6 is 0 Å². The molecule has 0 amide bonds. The zero-order valence-corrected chi connectivity index (χ0v) is 9.04. The minimum Gasteiger partial charge on any atom is -0.506 e. The van der Waals surface area contributed by atoms with Crippen molar-refractivity contribution in [1.29, 1.82) is 0 Å². The lowest BCUT2D eigenvalue weighted by Crippen LogP contribution is -2.08. The summed E-state index contributed by atoms with van der Waals surface area (Å²) in [7, 11) is 0. The fraction of sp³-hybridized carbons (Fsp3) is 0.250. The van der Waals surface area contributed by atoms with Gasteiger partial charge in [0.2, 0.25) is 0 Å². The predicted octanol–water partition coefficient (Wildman–Crippen LogP) is 3.52. The van der Waals surface area contributed by atoms with Crippen molar-refractivity contribution in [3.8, 4) is 5.75 Å². The molecule has 2 aromatic rings. The Morgan fingerprint density at radius 3 is 2.53 bits per heavy atom. The molecule has 0 fully saturated rings. The highest BCUT2D eigenvalue weighted by Gasteiger charge is 2.36. The van der Waals surface area contributed by atoms with Gasteiger partial charge in [-0.25, -0.2) is 4.98 Å². The van der Waals surface area contributed by atoms with Crippen LogP contribution < -0.4 is 0 Å². The number of halogens is 3. The van der Waals surface area contributed by atoms with Crippen LogP contribution in [-0.2, 0) is 12.6 Å². The molecule has 1 aromatic carbocycles.